The van der Waals surface area contributed by atoms with Gasteiger partial charge in [-0.3, -0.25) is 0 Å². The van der Waals surface area contributed by atoms with Crippen LogP contribution in [-0.2, 0) is 0 Å². The number of hydrogen-bond donors (Lipinski definition) is 1. The van der Waals surface area contributed by atoms with E-state index in [2.05, 4.69) is 26.3 Å². The van der Waals surface area contributed by atoms with E-state index in [1.807, 2.05) is 37.4 Å². The Bertz CT molecular complexity index is 1090. The van der Waals surface area contributed by atoms with Crippen molar-refractivity contribution in [2.45, 2.75) is 25.8 Å². The first kappa shape index (κ1) is 15.0. The summed E-state index contributed by atoms with van der Waals surface area (Å²) in [6, 6.07) is 10.4. The number of furan rings is 1. The van der Waals surface area contributed by atoms with E-state index in [9.17, 15) is 0 Å². The molecule has 0 atom stereocenters. The SMILES string of the molecule is Cc1ncnc2ccc(-c3cnc(NC4CC4)nc3-c3ccco3)cc12. The molecule has 0 spiro atoms. The first-order chi connectivity index (χ1) is 12.8. The van der Waals surface area contributed by atoms with Gasteiger partial charge in [0.05, 0.1) is 11.8 Å². The number of aromatic nitrogens is 4. The molecule has 0 bridgehead atoms. The van der Waals surface area contributed by atoms with Gasteiger partial charge in [0.2, 0.25) is 5.95 Å². The van der Waals surface area contributed by atoms with Crippen molar-refractivity contribution in [3.63, 3.8) is 0 Å². The normalized spacial score (nSPS) is 13.9. The first-order valence-corrected chi connectivity index (χ1v) is 8.67. The number of anilines is 1. The molecule has 3 heterocycles. The second-order valence-electron chi connectivity index (χ2n) is 6.54. The zero-order chi connectivity index (χ0) is 17.5. The van der Waals surface area contributed by atoms with Crippen LogP contribution in [0.15, 0.2) is 53.5 Å². The van der Waals surface area contributed by atoms with E-state index in [1.165, 1.54) is 12.8 Å². The Labute approximate surface area is 150 Å². The molecular formula is C20H17N5O. The molecule has 1 aliphatic rings. The Hall–Kier alpha value is -3.28. The number of aryl methyl sites for hydroxylation is 1. The number of nitrogens with one attached hydrogen (secondary N) is 1. The second kappa shape index (κ2) is 5.91. The van der Waals surface area contributed by atoms with Crippen LogP contribution in [0.1, 0.15) is 18.5 Å². The predicted molar refractivity (Wildman–Crippen MR) is 99.6 cm³/mol. The van der Waals surface area contributed by atoms with Gasteiger partial charge < -0.3 is 9.73 Å². The fraction of sp³-hybridized carbons (Fsp3) is 0.200. The Morgan fingerprint density at radius 1 is 1.12 bits per heavy atom. The minimum atomic E-state index is 0.491. The van der Waals surface area contributed by atoms with Crippen LogP contribution < -0.4 is 5.32 Å². The van der Waals surface area contributed by atoms with Gasteiger partial charge in [0, 0.05) is 28.9 Å². The monoisotopic (exact) mass is 343 g/mol. The molecule has 4 aromatic rings. The van der Waals surface area contributed by atoms with Crippen molar-refractivity contribution in [3.8, 4) is 22.6 Å². The molecule has 26 heavy (non-hydrogen) atoms. The summed E-state index contributed by atoms with van der Waals surface area (Å²) in [6.45, 7) is 1.99. The molecule has 3 aromatic heterocycles. The molecule has 0 aliphatic heterocycles. The van der Waals surface area contributed by atoms with Crippen LogP contribution in [0.4, 0.5) is 5.95 Å². The summed E-state index contributed by atoms with van der Waals surface area (Å²) in [4.78, 5) is 17.9. The highest BCUT2D eigenvalue weighted by Crippen LogP contribution is 2.33. The number of benzene rings is 1. The van der Waals surface area contributed by atoms with Crippen molar-refractivity contribution in [1.82, 2.24) is 19.9 Å². The van der Waals surface area contributed by atoms with E-state index in [-0.39, 0.29) is 0 Å². The summed E-state index contributed by atoms with van der Waals surface area (Å²) in [5, 5.41) is 4.38. The van der Waals surface area contributed by atoms with E-state index in [1.54, 1.807) is 12.6 Å². The van der Waals surface area contributed by atoms with Gasteiger partial charge in [0.1, 0.15) is 12.0 Å². The Morgan fingerprint density at radius 3 is 2.85 bits per heavy atom. The van der Waals surface area contributed by atoms with Crippen molar-refractivity contribution in [1.29, 1.82) is 0 Å². The molecule has 5 rings (SSSR count). The number of rotatable bonds is 4. The van der Waals surface area contributed by atoms with Gasteiger partial charge in [-0.05, 0) is 49.6 Å². The molecule has 0 amide bonds. The third-order valence-corrected chi connectivity index (χ3v) is 4.60. The smallest absolute Gasteiger partial charge is 0.223 e. The van der Waals surface area contributed by atoms with Crippen LogP contribution in [0.2, 0.25) is 0 Å². The zero-order valence-corrected chi connectivity index (χ0v) is 14.3. The van der Waals surface area contributed by atoms with Crippen molar-refractivity contribution in [3.05, 3.63) is 54.8 Å². The van der Waals surface area contributed by atoms with Crippen LogP contribution in [0.25, 0.3) is 33.5 Å². The minimum absolute atomic E-state index is 0.491. The lowest BCUT2D eigenvalue weighted by molar-refractivity contribution is 0.580. The van der Waals surface area contributed by atoms with E-state index in [0.717, 1.165) is 39.2 Å². The third-order valence-electron chi connectivity index (χ3n) is 4.60. The van der Waals surface area contributed by atoms with Gasteiger partial charge in [-0.25, -0.2) is 19.9 Å². The summed E-state index contributed by atoms with van der Waals surface area (Å²) >= 11 is 0. The lowest BCUT2D eigenvalue weighted by Gasteiger charge is -2.11. The fourth-order valence-electron chi connectivity index (χ4n) is 3.03. The molecule has 0 saturated heterocycles. The summed E-state index contributed by atoms with van der Waals surface area (Å²) in [5.41, 5.74) is 4.59. The zero-order valence-electron chi connectivity index (χ0n) is 14.3. The molecule has 1 N–H and O–H groups in total. The second-order valence-corrected chi connectivity index (χ2v) is 6.54. The van der Waals surface area contributed by atoms with Gasteiger partial charge in [-0.2, -0.15) is 0 Å². The lowest BCUT2D eigenvalue weighted by atomic mass is 10.0. The van der Waals surface area contributed by atoms with Gasteiger partial charge in [0.15, 0.2) is 5.76 Å². The standard InChI is InChI=1S/C20H17N5O/c1-12-15-9-13(4-7-17(15)23-11-22-12)16-10-21-20(24-14-5-6-14)25-19(16)18-3-2-8-26-18/h2-4,7-11,14H,5-6H2,1H3,(H,21,24,25). The van der Waals surface area contributed by atoms with Crippen LogP contribution in [-0.4, -0.2) is 26.0 Å². The highest BCUT2D eigenvalue weighted by atomic mass is 16.3. The molecule has 0 unspecified atom stereocenters. The lowest BCUT2D eigenvalue weighted by Crippen LogP contribution is -2.06. The van der Waals surface area contributed by atoms with Gasteiger partial charge in [-0.15, -0.1) is 0 Å². The highest BCUT2D eigenvalue weighted by molar-refractivity contribution is 5.88. The van der Waals surface area contributed by atoms with Gasteiger partial charge >= 0.3 is 0 Å². The molecule has 1 aromatic carbocycles. The maximum atomic E-state index is 5.63. The van der Waals surface area contributed by atoms with Crippen molar-refractivity contribution in [2.75, 3.05) is 5.32 Å². The Balaban J connectivity index is 1.67. The molecule has 6 heteroatoms. The predicted octanol–water partition coefficient (Wildman–Crippen LogP) is 4.23. The maximum Gasteiger partial charge on any atom is 0.223 e. The quantitative estimate of drug-likeness (QED) is 0.597. The molecule has 0 radical (unpaired) electrons. The number of hydrogen-bond acceptors (Lipinski definition) is 6. The summed E-state index contributed by atoms with van der Waals surface area (Å²) < 4.78 is 5.63. The number of fused-ring (bicyclic) bond motifs is 1. The molecule has 1 aliphatic carbocycles. The number of nitrogens with zero attached hydrogens (tertiary/aromatic N) is 4. The average Bonchev–Trinajstić information content (AvgIpc) is 3.31. The van der Waals surface area contributed by atoms with Crippen LogP contribution in [0.3, 0.4) is 0 Å². The van der Waals surface area contributed by atoms with Crippen LogP contribution in [0, 0.1) is 6.92 Å². The molecule has 6 nitrogen and oxygen atoms in total. The summed E-state index contributed by atoms with van der Waals surface area (Å²) in [6.07, 6.45) is 7.45. The summed E-state index contributed by atoms with van der Waals surface area (Å²) in [7, 11) is 0. The topological polar surface area (TPSA) is 76.7 Å². The fourth-order valence-corrected chi connectivity index (χ4v) is 3.03. The maximum absolute atomic E-state index is 5.63. The van der Waals surface area contributed by atoms with Crippen molar-refractivity contribution >= 4 is 16.9 Å². The largest absolute Gasteiger partial charge is 0.463 e. The van der Waals surface area contributed by atoms with Crippen molar-refractivity contribution in [2.24, 2.45) is 0 Å². The van der Waals surface area contributed by atoms with Gasteiger partial charge in [0.25, 0.3) is 0 Å². The molecule has 128 valence electrons. The Morgan fingerprint density at radius 2 is 2.04 bits per heavy atom. The highest BCUT2D eigenvalue weighted by Gasteiger charge is 2.23. The van der Waals surface area contributed by atoms with Crippen LogP contribution >= 0.6 is 0 Å². The third kappa shape index (κ3) is 2.69. The average molecular weight is 343 g/mol. The van der Waals surface area contributed by atoms with Crippen LogP contribution in [0.5, 0.6) is 0 Å². The van der Waals surface area contributed by atoms with E-state index in [4.69, 9.17) is 9.40 Å². The van der Waals surface area contributed by atoms with E-state index >= 15 is 0 Å². The molecule has 1 saturated carbocycles. The Kier molecular flexibility index (Phi) is 3.41. The molecule has 1 fully saturated rings. The first-order valence-electron chi connectivity index (χ1n) is 8.67. The minimum Gasteiger partial charge on any atom is -0.463 e. The van der Waals surface area contributed by atoms with Gasteiger partial charge in [-0.1, -0.05) is 6.07 Å². The van der Waals surface area contributed by atoms with Crippen molar-refractivity contribution < 1.29 is 4.42 Å². The van der Waals surface area contributed by atoms with E-state index in [0.29, 0.717) is 12.0 Å². The molecular weight excluding hydrogens is 326 g/mol. The summed E-state index contributed by atoms with van der Waals surface area (Å²) in [5.74, 6) is 1.37. The van der Waals surface area contributed by atoms with E-state index < -0.39 is 0 Å².